The third-order valence-corrected chi connectivity index (χ3v) is 4.58. The third kappa shape index (κ3) is 2.90. The van der Waals surface area contributed by atoms with E-state index in [1.54, 1.807) is 17.2 Å². The molecule has 1 fully saturated rings. The molecule has 0 atom stereocenters. The Labute approximate surface area is 143 Å². The van der Waals surface area contributed by atoms with Crippen molar-refractivity contribution >= 4 is 11.6 Å². The number of aromatic amines is 1. The van der Waals surface area contributed by atoms with Gasteiger partial charge in [0, 0.05) is 49.2 Å². The Morgan fingerprint density at radius 1 is 1.24 bits per heavy atom. The van der Waals surface area contributed by atoms with Gasteiger partial charge in [0.1, 0.15) is 5.69 Å². The summed E-state index contributed by atoms with van der Waals surface area (Å²) in [7, 11) is 0. The van der Waals surface area contributed by atoms with Gasteiger partial charge in [0.05, 0.1) is 11.9 Å². The van der Waals surface area contributed by atoms with Crippen LogP contribution in [0.5, 0.6) is 0 Å². The maximum absolute atomic E-state index is 12.4. The lowest BCUT2D eigenvalue weighted by Crippen LogP contribution is -2.38. The summed E-state index contributed by atoms with van der Waals surface area (Å²) in [6.45, 7) is 3.13. The fraction of sp³-hybridized carbons (Fsp3) is 0.353. The molecule has 3 aromatic rings. The van der Waals surface area contributed by atoms with Crippen LogP contribution in [0, 0.1) is 6.92 Å². The van der Waals surface area contributed by atoms with E-state index in [9.17, 15) is 9.59 Å². The van der Waals surface area contributed by atoms with Gasteiger partial charge in [-0.1, -0.05) is 0 Å². The van der Waals surface area contributed by atoms with Gasteiger partial charge in [-0.25, -0.2) is 14.5 Å². The number of amides is 1. The van der Waals surface area contributed by atoms with Crippen molar-refractivity contribution in [3.63, 3.8) is 0 Å². The van der Waals surface area contributed by atoms with E-state index in [0.29, 0.717) is 24.4 Å². The number of rotatable bonds is 2. The van der Waals surface area contributed by atoms with E-state index in [0.717, 1.165) is 24.2 Å². The molecule has 0 aliphatic carbocycles. The van der Waals surface area contributed by atoms with Gasteiger partial charge in [-0.05, 0) is 19.8 Å². The van der Waals surface area contributed by atoms with Gasteiger partial charge in [-0.2, -0.15) is 0 Å². The molecule has 8 heteroatoms. The Hall–Kier alpha value is -3.03. The molecule has 0 unspecified atom stereocenters. The summed E-state index contributed by atoms with van der Waals surface area (Å²) in [5, 5.41) is 2.97. The van der Waals surface area contributed by atoms with Crippen molar-refractivity contribution in [1.82, 2.24) is 29.5 Å². The molecule has 0 bridgehead atoms. The summed E-state index contributed by atoms with van der Waals surface area (Å²) in [6, 6.07) is 3.45. The summed E-state index contributed by atoms with van der Waals surface area (Å²) >= 11 is 0. The average Bonchev–Trinajstić information content (AvgIpc) is 3.03. The van der Waals surface area contributed by atoms with Crippen molar-refractivity contribution < 1.29 is 4.79 Å². The molecule has 1 aliphatic rings. The molecule has 0 saturated carbocycles. The van der Waals surface area contributed by atoms with E-state index in [2.05, 4.69) is 20.1 Å². The van der Waals surface area contributed by atoms with Gasteiger partial charge in [0.25, 0.3) is 11.5 Å². The number of piperidine rings is 1. The second kappa shape index (κ2) is 6.12. The topological polar surface area (TPSA) is 96.2 Å². The molecule has 1 N–H and O–H groups in total. The molecule has 25 heavy (non-hydrogen) atoms. The first-order valence-electron chi connectivity index (χ1n) is 8.26. The fourth-order valence-corrected chi connectivity index (χ4v) is 3.29. The molecule has 4 heterocycles. The Morgan fingerprint density at radius 2 is 2.04 bits per heavy atom. The number of aromatic nitrogens is 5. The minimum absolute atomic E-state index is 0.101. The number of aryl methyl sites for hydroxylation is 1. The summed E-state index contributed by atoms with van der Waals surface area (Å²) in [5.74, 6) is 0.0788. The van der Waals surface area contributed by atoms with Crippen LogP contribution < -0.4 is 5.56 Å². The minimum atomic E-state index is -0.105. The number of fused-ring (bicyclic) bond motifs is 1. The highest BCUT2D eigenvalue weighted by atomic mass is 16.2. The highest BCUT2D eigenvalue weighted by Crippen LogP contribution is 2.27. The van der Waals surface area contributed by atoms with Gasteiger partial charge in [-0.15, -0.1) is 0 Å². The Morgan fingerprint density at radius 3 is 2.76 bits per heavy atom. The number of nitrogens with zero attached hydrogens (tertiary/aromatic N) is 5. The maximum Gasteiger partial charge on any atom is 0.274 e. The van der Waals surface area contributed by atoms with E-state index in [-0.39, 0.29) is 17.4 Å². The van der Waals surface area contributed by atoms with Crippen LogP contribution in [-0.4, -0.2) is 48.5 Å². The molecule has 0 spiro atoms. The number of H-pyrrole nitrogens is 1. The number of hydrogen-bond donors (Lipinski definition) is 1. The van der Waals surface area contributed by atoms with Gasteiger partial charge >= 0.3 is 0 Å². The lowest BCUT2D eigenvalue weighted by Gasteiger charge is -2.31. The monoisotopic (exact) mass is 338 g/mol. The number of hydrogen-bond acceptors (Lipinski definition) is 5. The zero-order valence-corrected chi connectivity index (χ0v) is 13.8. The molecular formula is C17H18N6O2. The predicted molar refractivity (Wildman–Crippen MR) is 90.5 cm³/mol. The first kappa shape index (κ1) is 15.5. The first-order chi connectivity index (χ1) is 12.1. The zero-order valence-electron chi connectivity index (χ0n) is 13.8. The smallest absolute Gasteiger partial charge is 0.274 e. The quantitative estimate of drug-likeness (QED) is 0.756. The number of nitrogens with one attached hydrogen (secondary N) is 1. The molecule has 0 aromatic carbocycles. The third-order valence-electron chi connectivity index (χ3n) is 4.58. The Kier molecular flexibility index (Phi) is 3.79. The van der Waals surface area contributed by atoms with Crippen LogP contribution in [0.25, 0.3) is 5.65 Å². The molecule has 1 amide bonds. The molecule has 0 radical (unpaired) electrons. The SMILES string of the molecule is Cc1cc2nc(C3CCN(C(=O)c4cnccn4)CC3)cc(=O)n2[nH]1. The number of carbonyl (C=O) groups excluding carboxylic acids is 1. The van der Waals surface area contributed by atoms with Crippen molar-refractivity contribution in [2.75, 3.05) is 13.1 Å². The van der Waals surface area contributed by atoms with Gasteiger partial charge in [0.15, 0.2) is 5.65 Å². The van der Waals surface area contributed by atoms with Crippen molar-refractivity contribution in [2.45, 2.75) is 25.7 Å². The van der Waals surface area contributed by atoms with E-state index < -0.39 is 0 Å². The highest BCUT2D eigenvalue weighted by molar-refractivity contribution is 5.92. The Bertz CT molecular complexity index is 970. The molecule has 4 rings (SSSR count). The van der Waals surface area contributed by atoms with Gasteiger partial charge in [-0.3, -0.25) is 19.7 Å². The largest absolute Gasteiger partial charge is 0.337 e. The Balaban J connectivity index is 1.50. The molecule has 128 valence electrons. The van der Waals surface area contributed by atoms with Crippen LogP contribution in [0.4, 0.5) is 0 Å². The fourth-order valence-electron chi connectivity index (χ4n) is 3.29. The molecule has 1 saturated heterocycles. The molecule has 8 nitrogen and oxygen atoms in total. The standard InChI is InChI=1S/C17H18N6O2/c1-11-8-15-20-13(9-16(24)23(15)21-11)12-2-6-22(7-3-12)17(25)14-10-18-4-5-19-14/h4-5,8-10,12,21H,2-3,6-7H2,1H3. The van der Waals surface area contributed by atoms with Crippen LogP contribution in [0.1, 0.15) is 40.6 Å². The molecule has 3 aromatic heterocycles. The molecule has 1 aliphatic heterocycles. The second-order valence-electron chi connectivity index (χ2n) is 6.31. The van der Waals surface area contributed by atoms with Crippen molar-refractivity contribution in [1.29, 1.82) is 0 Å². The van der Waals surface area contributed by atoms with Crippen LogP contribution in [-0.2, 0) is 0 Å². The van der Waals surface area contributed by atoms with Crippen molar-refractivity contribution in [3.05, 3.63) is 58.2 Å². The van der Waals surface area contributed by atoms with Gasteiger partial charge in [0.2, 0.25) is 0 Å². The van der Waals surface area contributed by atoms with E-state index in [1.807, 2.05) is 13.0 Å². The van der Waals surface area contributed by atoms with Crippen molar-refractivity contribution in [2.24, 2.45) is 0 Å². The summed E-state index contributed by atoms with van der Waals surface area (Å²) < 4.78 is 1.45. The number of likely N-dealkylation sites (tertiary alicyclic amines) is 1. The first-order valence-corrected chi connectivity index (χ1v) is 8.26. The molecular weight excluding hydrogens is 320 g/mol. The van der Waals surface area contributed by atoms with E-state index in [1.165, 1.54) is 16.9 Å². The number of carbonyl (C=O) groups is 1. The van der Waals surface area contributed by atoms with Crippen LogP contribution in [0.3, 0.4) is 0 Å². The highest BCUT2D eigenvalue weighted by Gasteiger charge is 2.26. The van der Waals surface area contributed by atoms with E-state index in [4.69, 9.17) is 0 Å². The average molecular weight is 338 g/mol. The lowest BCUT2D eigenvalue weighted by molar-refractivity contribution is 0.0705. The summed E-state index contributed by atoms with van der Waals surface area (Å²) in [4.78, 5) is 39.1. The second-order valence-corrected chi connectivity index (χ2v) is 6.31. The van der Waals surface area contributed by atoms with E-state index >= 15 is 0 Å². The summed E-state index contributed by atoms with van der Waals surface area (Å²) in [5.41, 5.74) is 2.59. The van der Waals surface area contributed by atoms with Crippen LogP contribution in [0.2, 0.25) is 0 Å². The van der Waals surface area contributed by atoms with Crippen LogP contribution in [0.15, 0.2) is 35.5 Å². The van der Waals surface area contributed by atoms with Gasteiger partial charge < -0.3 is 4.90 Å². The normalized spacial score (nSPS) is 15.6. The van der Waals surface area contributed by atoms with Crippen LogP contribution >= 0.6 is 0 Å². The maximum atomic E-state index is 12.4. The predicted octanol–water partition coefficient (Wildman–Crippen LogP) is 1.14. The lowest BCUT2D eigenvalue weighted by atomic mass is 9.93. The van der Waals surface area contributed by atoms with Crippen molar-refractivity contribution in [3.8, 4) is 0 Å². The minimum Gasteiger partial charge on any atom is -0.337 e. The summed E-state index contributed by atoms with van der Waals surface area (Å²) in [6.07, 6.45) is 6.10. The zero-order chi connectivity index (χ0) is 17.4.